The average molecular weight is 290 g/mol. The van der Waals surface area contributed by atoms with Gasteiger partial charge in [0.15, 0.2) is 0 Å². The van der Waals surface area contributed by atoms with E-state index in [-0.39, 0.29) is 18.7 Å². The lowest BCUT2D eigenvalue weighted by atomic mass is 9.79. The zero-order valence-corrected chi connectivity index (χ0v) is 12.8. The Kier molecular flexibility index (Phi) is 4.31. The average Bonchev–Trinajstić information content (AvgIpc) is 2.48. The Labute approximate surface area is 127 Å². The topological polar surface area (TPSA) is 46.9 Å². The summed E-state index contributed by atoms with van der Waals surface area (Å²) in [4.78, 5) is 4.50. The van der Waals surface area contributed by atoms with Gasteiger partial charge in [0.1, 0.15) is 5.60 Å². The molecule has 2 unspecified atom stereocenters. The van der Waals surface area contributed by atoms with E-state index < -0.39 is 5.60 Å². The molecule has 0 saturated carbocycles. The van der Waals surface area contributed by atoms with Crippen molar-refractivity contribution in [2.24, 2.45) is 0 Å². The number of piperidine rings is 1. The van der Waals surface area contributed by atoms with Gasteiger partial charge in [-0.1, -0.05) is 36.8 Å². The first-order valence-electron chi connectivity index (χ1n) is 7.96. The Morgan fingerprint density at radius 2 is 1.95 bits per heavy atom. The summed E-state index contributed by atoms with van der Waals surface area (Å²) in [7, 11) is 2.04. The molecular weight excluding hydrogens is 264 g/mol. The molecule has 2 atom stereocenters. The number of β-amino-alcohol motifs (C(OH)–C–C–N with tert-alkyl or cyclic N) is 1. The Hall–Kier alpha value is -0.940. The lowest BCUT2D eigenvalue weighted by molar-refractivity contribution is -0.156. The lowest BCUT2D eigenvalue weighted by Gasteiger charge is -2.55. The molecule has 4 heteroatoms. The molecule has 3 rings (SSSR count). The summed E-state index contributed by atoms with van der Waals surface area (Å²) in [6.07, 6.45) is 3.33. The van der Waals surface area contributed by atoms with Crippen molar-refractivity contribution < 1.29 is 10.2 Å². The quantitative estimate of drug-likeness (QED) is 0.876. The second-order valence-electron chi connectivity index (χ2n) is 6.63. The van der Waals surface area contributed by atoms with Crippen molar-refractivity contribution in [1.29, 1.82) is 0 Å². The summed E-state index contributed by atoms with van der Waals surface area (Å²) in [6.45, 7) is 2.53. The molecule has 0 radical (unpaired) electrons. The van der Waals surface area contributed by atoms with E-state index >= 15 is 0 Å². The number of aliphatic hydroxyl groups excluding tert-OH is 1. The van der Waals surface area contributed by atoms with Gasteiger partial charge >= 0.3 is 0 Å². The maximum absolute atomic E-state index is 10.9. The number of hydrogen-bond donors (Lipinski definition) is 2. The molecular formula is C17H26N2O2. The van der Waals surface area contributed by atoms with E-state index in [4.69, 9.17) is 0 Å². The molecule has 1 aromatic rings. The molecule has 21 heavy (non-hydrogen) atoms. The van der Waals surface area contributed by atoms with Gasteiger partial charge < -0.3 is 15.1 Å². The van der Waals surface area contributed by atoms with Crippen LogP contribution in [0.3, 0.4) is 0 Å². The van der Waals surface area contributed by atoms with Crippen LogP contribution < -0.4 is 0 Å². The van der Waals surface area contributed by atoms with Crippen LogP contribution in [0.25, 0.3) is 0 Å². The SMILES string of the molecule is CN1CC(O)(C2CCCCN2C(CO)c2ccccc2)C1. The lowest BCUT2D eigenvalue weighted by Crippen LogP contribution is -2.70. The minimum atomic E-state index is -0.614. The van der Waals surface area contributed by atoms with Crippen molar-refractivity contribution in [3.63, 3.8) is 0 Å². The maximum Gasteiger partial charge on any atom is 0.105 e. The molecule has 4 nitrogen and oxygen atoms in total. The fraction of sp³-hybridized carbons (Fsp3) is 0.647. The van der Waals surface area contributed by atoms with Crippen LogP contribution in [0.1, 0.15) is 30.9 Å². The van der Waals surface area contributed by atoms with Gasteiger partial charge in [-0.3, -0.25) is 4.90 Å². The van der Waals surface area contributed by atoms with E-state index in [2.05, 4.69) is 21.9 Å². The Bertz CT molecular complexity index is 459. The normalized spacial score (nSPS) is 28.0. The summed E-state index contributed by atoms with van der Waals surface area (Å²) in [5, 5.41) is 20.8. The molecule has 0 bridgehead atoms. The molecule has 0 aliphatic carbocycles. The van der Waals surface area contributed by atoms with E-state index in [0.29, 0.717) is 0 Å². The molecule has 2 fully saturated rings. The highest BCUT2D eigenvalue weighted by Crippen LogP contribution is 2.37. The number of hydrogen-bond acceptors (Lipinski definition) is 4. The largest absolute Gasteiger partial charge is 0.394 e. The summed E-state index contributed by atoms with van der Waals surface area (Å²) in [5.74, 6) is 0. The summed E-state index contributed by atoms with van der Waals surface area (Å²) in [6, 6.07) is 10.3. The summed E-state index contributed by atoms with van der Waals surface area (Å²) < 4.78 is 0. The first kappa shape index (κ1) is 15.0. The number of aliphatic hydroxyl groups is 2. The van der Waals surface area contributed by atoms with Crippen LogP contribution in [0.2, 0.25) is 0 Å². The van der Waals surface area contributed by atoms with Crippen molar-refractivity contribution in [1.82, 2.24) is 9.80 Å². The first-order valence-corrected chi connectivity index (χ1v) is 7.96. The highest BCUT2D eigenvalue weighted by molar-refractivity contribution is 5.20. The van der Waals surface area contributed by atoms with Gasteiger partial charge in [0.25, 0.3) is 0 Å². The number of likely N-dealkylation sites (tertiary alicyclic amines) is 2. The Morgan fingerprint density at radius 1 is 1.24 bits per heavy atom. The van der Waals surface area contributed by atoms with Gasteiger partial charge in [-0.2, -0.15) is 0 Å². The third kappa shape index (κ3) is 2.86. The molecule has 0 aromatic heterocycles. The molecule has 0 amide bonds. The van der Waals surface area contributed by atoms with Gasteiger partial charge in [0, 0.05) is 19.1 Å². The molecule has 2 N–H and O–H groups in total. The molecule has 0 spiro atoms. The minimum Gasteiger partial charge on any atom is -0.394 e. The predicted octanol–water partition coefficient (Wildman–Crippen LogP) is 1.25. The number of nitrogens with zero attached hydrogens (tertiary/aromatic N) is 2. The van der Waals surface area contributed by atoms with Gasteiger partial charge in [-0.15, -0.1) is 0 Å². The van der Waals surface area contributed by atoms with Crippen molar-refractivity contribution in [3.05, 3.63) is 35.9 Å². The summed E-state index contributed by atoms with van der Waals surface area (Å²) in [5.41, 5.74) is 0.528. The van der Waals surface area contributed by atoms with Crippen LogP contribution in [0, 0.1) is 0 Å². The number of likely N-dealkylation sites (N-methyl/N-ethyl adjacent to an activating group) is 1. The van der Waals surface area contributed by atoms with Crippen LogP contribution in [-0.4, -0.2) is 64.9 Å². The van der Waals surface area contributed by atoms with E-state index in [1.165, 1.54) is 6.42 Å². The van der Waals surface area contributed by atoms with E-state index in [9.17, 15) is 10.2 Å². The van der Waals surface area contributed by atoms with Gasteiger partial charge in [-0.05, 0) is 32.0 Å². The van der Waals surface area contributed by atoms with Crippen molar-refractivity contribution in [3.8, 4) is 0 Å². The fourth-order valence-corrected chi connectivity index (χ4v) is 4.08. The molecule has 2 aliphatic rings. The second kappa shape index (κ2) is 6.05. The third-order valence-electron chi connectivity index (χ3n) is 5.01. The monoisotopic (exact) mass is 290 g/mol. The Balaban J connectivity index is 1.83. The molecule has 2 aliphatic heterocycles. The maximum atomic E-state index is 10.9. The molecule has 116 valence electrons. The van der Waals surface area contributed by atoms with Crippen LogP contribution >= 0.6 is 0 Å². The minimum absolute atomic E-state index is 0.00793. The third-order valence-corrected chi connectivity index (χ3v) is 5.01. The van der Waals surface area contributed by atoms with Gasteiger partial charge in [0.05, 0.1) is 12.6 Å². The molecule has 2 heterocycles. The molecule has 1 aromatic carbocycles. The van der Waals surface area contributed by atoms with Gasteiger partial charge in [0.2, 0.25) is 0 Å². The number of benzene rings is 1. The summed E-state index contributed by atoms with van der Waals surface area (Å²) >= 11 is 0. The van der Waals surface area contributed by atoms with Crippen LogP contribution in [0.5, 0.6) is 0 Å². The van der Waals surface area contributed by atoms with E-state index in [1.807, 2.05) is 25.2 Å². The van der Waals surface area contributed by atoms with Crippen molar-refractivity contribution in [2.45, 2.75) is 36.9 Å². The van der Waals surface area contributed by atoms with Crippen LogP contribution in [0.4, 0.5) is 0 Å². The van der Waals surface area contributed by atoms with E-state index in [0.717, 1.165) is 38.0 Å². The van der Waals surface area contributed by atoms with Gasteiger partial charge in [-0.25, -0.2) is 0 Å². The van der Waals surface area contributed by atoms with E-state index in [1.54, 1.807) is 0 Å². The highest BCUT2D eigenvalue weighted by Gasteiger charge is 2.49. The van der Waals surface area contributed by atoms with Crippen LogP contribution in [0.15, 0.2) is 30.3 Å². The highest BCUT2D eigenvalue weighted by atomic mass is 16.3. The zero-order valence-electron chi connectivity index (χ0n) is 12.8. The predicted molar refractivity (Wildman–Crippen MR) is 83.1 cm³/mol. The Morgan fingerprint density at radius 3 is 2.57 bits per heavy atom. The molecule has 2 saturated heterocycles. The number of rotatable bonds is 4. The van der Waals surface area contributed by atoms with Crippen LogP contribution in [-0.2, 0) is 0 Å². The smallest absolute Gasteiger partial charge is 0.105 e. The second-order valence-corrected chi connectivity index (χ2v) is 6.63. The van der Waals surface area contributed by atoms with Crippen molar-refractivity contribution >= 4 is 0 Å². The fourth-order valence-electron chi connectivity index (χ4n) is 4.08. The zero-order chi connectivity index (χ0) is 14.9. The first-order chi connectivity index (χ1) is 10.1. The van der Waals surface area contributed by atoms with Crippen molar-refractivity contribution in [2.75, 3.05) is 33.3 Å². The standard InChI is InChI=1S/C17H26N2O2/c1-18-12-17(21,13-18)16-9-5-6-10-19(16)15(11-20)14-7-3-2-4-8-14/h2-4,7-8,15-16,20-21H,5-6,9-13H2,1H3.